The van der Waals surface area contributed by atoms with Crippen LogP contribution in [-0.2, 0) is 4.79 Å². The van der Waals surface area contributed by atoms with E-state index in [0.717, 1.165) is 6.42 Å². The van der Waals surface area contributed by atoms with Crippen molar-refractivity contribution in [1.29, 1.82) is 0 Å². The quantitative estimate of drug-likeness (QED) is 0.878. The monoisotopic (exact) mass is 278 g/mol. The van der Waals surface area contributed by atoms with Crippen LogP contribution in [0.5, 0.6) is 5.88 Å². The van der Waals surface area contributed by atoms with Gasteiger partial charge < -0.3 is 15.4 Å². The van der Waals surface area contributed by atoms with E-state index < -0.39 is 0 Å². The van der Waals surface area contributed by atoms with E-state index in [-0.39, 0.29) is 23.4 Å². The Bertz CT molecular complexity index is 484. The second-order valence-electron chi connectivity index (χ2n) is 6.12. The van der Waals surface area contributed by atoms with Crippen LogP contribution in [0.4, 0.5) is 5.95 Å². The molecule has 0 radical (unpaired) electrons. The van der Waals surface area contributed by atoms with Crippen molar-refractivity contribution in [2.75, 3.05) is 12.4 Å². The molecule has 1 aliphatic heterocycles. The summed E-state index contributed by atoms with van der Waals surface area (Å²) in [5.41, 5.74) is -0.0351. The lowest BCUT2D eigenvalue weighted by Crippen LogP contribution is -2.57. The predicted molar refractivity (Wildman–Crippen MR) is 76.6 cm³/mol. The molecule has 0 aliphatic carbocycles. The van der Waals surface area contributed by atoms with E-state index in [1.54, 1.807) is 19.4 Å². The van der Waals surface area contributed by atoms with Crippen LogP contribution in [0.25, 0.3) is 0 Å². The highest BCUT2D eigenvalue weighted by Crippen LogP contribution is 2.28. The molecule has 20 heavy (non-hydrogen) atoms. The van der Waals surface area contributed by atoms with Gasteiger partial charge in [0, 0.05) is 18.7 Å². The predicted octanol–water partition coefficient (Wildman–Crippen LogP) is 1.59. The standard InChI is InChI=1S/C14H22N4O2/c1-14(2,3)12-9(5-6-10(19)17-12)16-13-15-8-7-11(18-13)20-4/h7-9,12H,5-6H2,1-4H3,(H,17,19)(H,15,16,18)/t9-,12-/m1/s1. The number of hydrogen-bond acceptors (Lipinski definition) is 5. The van der Waals surface area contributed by atoms with Crippen molar-refractivity contribution < 1.29 is 9.53 Å². The fourth-order valence-corrected chi connectivity index (χ4v) is 2.47. The van der Waals surface area contributed by atoms with Crippen LogP contribution in [0.15, 0.2) is 12.3 Å². The van der Waals surface area contributed by atoms with Gasteiger partial charge in [-0.15, -0.1) is 0 Å². The lowest BCUT2D eigenvalue weighted by molar-refractivity contribution is -0.124. The Kier molecular flexibility index (Phi) is 4.11. The minimum absolute atomic E-state index is 0.0351. The van der Waals surface area contributed by atoms with Gasteiger partial charge in [0.15, 0.2) is 0 Å². The van der Waals surface area contributed by atoms with Gasteiger partial charge in [0.05, 0.1) is 19.2 Å². The van der Waals surface area contributed by atoms with Crippen molar-refractivity contribution in [3.05, 3.63) is 12.3 Å². The zero-order valence-corrected chi connectivity index (χ0v) is 12.4. The fourth-order valence-electron chi connectivity index (χ4n) is 2.47. The smallest absolute Gasteiger partial charge is 0.226 e. The molecular formula is C14H22N4O2. The Balaban J connectivity index is 2.15. The van der Waals surface area contributed by atoms with E-state index in [4.69, 9.17) is 4.74 Å². The summed E-state index contributed by atoms with van der Waals surface area (Å²) in [7, 11) is 1.57. The Morgan fingerprint density at radius 1 is 1.45 bits per heavy atom. The number of rotatable bonds is 3. The van der Waals surface area contributed by atoms with Crippen LogP contribution in [0.3, 0.4) is 0 Å². The van der Waals surface area contributed by atoms with Crippen LogP contribution >= 0.6 is 0 Å². The number of aromatic nitrogens is 2. The summed E-state index contributed by atoms with van der Waals surface area (Å²) in [5, 5.41) is 6.38. The number of anilines is 1. The molecule has 1 saturated heterocycles. The third kappa shape index (κ3) is 3.37. The summed E-state index contributed by atoms with van der Waals surface area (Å²) in [6, 6.07) is 1.85. The largest absolute Gasteiger partial charge is 0.481 e. The zero-order chi connectivity index (χ0) is 14.8. The topological polar surface area (TPSA) is 76.1 Å². The van der Waals surface area contributed by atoms with Gasteiger partial charge in [-0.05, 0) is 11.8 Å². The molecule has 1 aliphatic rings. The van der Waals surface area contributed by atoms with Crippen LogP contribution in [0.2, 0.25) is 0 Å². The van der Waals surface area contributed by atoms with Gasteiger partial charge in [-0.1, -0.05) is 20.8 Å². The summed E-state index contributed by atoms with van der Waals surface area (Å²) in [4.78, 5) is 20.1. The lowest BCUT2D eigenvalue weighted by atomic mass is 9.79. The Hall–Kier alpha value is -1.85. The molecule has 0 spiro atoms. The molecule has 2 heterocycles. The Morgan fingerprint density at radius 2 is 2.20 bits per heavy atom. The normalized spacial score (nSPS) is 23.1. The van der Waals surface area contributed by atoms with E-state index in [1.807, 2.05) is 0 Å². The van der Waals surface area contributed by atoms with Gasteiger partial charge in [-0.2, -0.15) is 4.98 Å². The molecule has 2 N–H and O–H groups in total. The van der Waals surface area contributed by atoms with Crippen molar-refractivity contribution >= 4 is 11.9 Å². The van der Waals surface area contributed by atoms with Gasteiger partial charge in [-0.3, -0.25) is 4.79 Å². The number of ether oxygens (including phenoxy) is 1. The summed E-state index contributed by atoms with van der Waals surface area (Å²) in [6.07, 6.45) is 2.95. The fraction of sp³-hybridized carbons (Fsp3) is 0.643. The van der Waals surface area contributed by atoms with E-state index in [1.165, 1.54) is 0 Å². The van der Waals surface area contributed by atoms with Crippen molar-refractivity contribution in [3.63, 3.8) is 0 Å². The maximum Gasteiger partial charge on any atom is 0.226 e. The molecule has 6 nitrogen and oxygen atoms in total. The Labute approximate surface area is 119 Å². The third-order valence-corrected chi connectivity index (χ3v) is 3.49. The first-order valence-electron chi connectivity index (χ1n) is 6.83. The highest BCUT2D eigenvalue weighted by molar-refractivity contribution is 5.77. The Morgan fingerprint density at radius 3 is 2.85 bits per heavy atom. The summed E-state index contributed by atoms with van der Waals surface area (Å²) < 4.78 is 5.09. The molecule has 110 valence electrons. The van der Waals surface area contributed by atoms with Crippen molar-refractivity contribution in [1.82, 2.24) is 15.3 Å². The highest BCUT2D eigenvalue weighted by atomic mass is 16.5. The van der Waals surface area contributed by atoms with Crippen LogP contribution < -0.4 is 15.4 Å². The summed E-state index contributed by atoms with van der Waals surface area (Å²) >= 11 is 0. The van der Waals surface area contributed by atoms with Crippen LogP contribution in [-0.4, -0.2) is 35.1 Å². The van der Waals surface area contributed by atoms with E-state index in [2.05, 4.69) is 41.4 Å². The first kappa shape index (κ1) is 14.6. The molecule has 0 aromatic carbocycles. The van der Waals surface area contributed by atoms with Gasteiger partial charge in [0.25, 0.3) is 0 Å². The van der Waals surface area contributed by atoms with Crippen LogP contribution in [0.1, 0.15) is 33.6 Å². The molecule has 0 unspecified atom stereocenters. The molecule has 1 aromatic rings. The van der Waals surface area contributed by atoms with Crippen molar-refractivity contribution in [2.24, 2.45) is 5.41 Å². The molecule has 6 heteroatoms. The van der Waals surface area contributed by atoms with E-state index in [0.29, 0.717) is 18.2 Å². The van der Waals surface area contributed by atoms with Gasteiger partial charge in [0.1, 0.15) is 0 Å². The number of methoxy groups -OCH3 is 1. The summed E-state index contributed by atoms with van der Waals surface area (Å²) in [6.45, 7) is 6.35. The van der Waals surface area contributed by atoms with E-state index in [9.17, 15) is 4.79 Å². The van der Waals surface area contributed by atoms with Crippen molar-refractivity contribution in [2.45, 2.75) is 45.7 Å². The average molecular weight is 278 g/mol. The average Bonchev–Trinajstić information content (AvgIpc) is 2.40. The molecule has 1 fully saturated rings. The second kappa shape index (κ2) is 5.64. The third-order valence-electron chi connectivity index (χ3n) is 3.49. The minimum Gasteiger partial charge on any atom is -0.481 e. The van der Waals surface area contributed by atoms with Crippen molar-refractivity contribution in [3.8, 4) is 5.88 Å². The summed E-state index contributed by atoms with van der Waals surface area (Å²) in [5.74, 6) is 1.16. The molecular weight excluding hydrogens is 256 g/mol. The second-order valence-corrected chi connectivity index (χ2v) is 6.12. The number of amides is 1. The maximum absolute atomic E-state index is 11.6. The molecule has 1 amide bonds. The number of carbonyl (C=O) groups is 1. The van der Waals surface area contributed by atoms with Gasteiger partial charge in [-0.25, -0.2) is 4.98 Å². The molecule has 2 atom stereocenters. The molecule has 1 aromatic heterocycles. The van der Waals surface area contributed by atoms with Gasteiger partial charge >= 0.3 is 0 Å². The number of piperidine rings is 1. The lowest BCUT2D eigenvalue weighted by Gasteiger charge is -2.41. The number of hydrogen-bond donors (Lipinski definition) is 2. The number of nitrogens with zero attached hydrogens (tertiary/aromatic N) is 2. The molecule has 2 rings (SSSR count). The first-order chi connectivity index (χ1) is 9.40. The number of carbonyl (C=O) groups excluding carboxylic acids is 1. The minimum atomic E-state index is -0.0351. The van der Waals surface area contributed by atoms with Gasteiger partial charge in [0.2, 0.25) is 17.7 Å². The SMILES string of the molecule is COc1ccnc(N[C@@H]2CCC(=O)N[C@H]2C(C)(C)C)n1. The zero-order valence-electron chi connectivity index (χ0n) is 12.4. The maximum atomic E-state index is 11.6. The number of nitrogens with one attached hydrogen (secondary N) is 2. The molecule has 0 saturated carbocycles. The first-order valence-corrected chi connectivity index (χ1v) is 6.83. The van der Waals surface area contributed by atoms with E-state index >= 15 is 0 Å². The van der Waals surface area contributed by atoms with Crippen LogP contribution in [0, 0.1) is 5.41 Å². The molecule has 0 bridgehead atoms. The highest BCUT2D eigenvalue weighted by Gasteiger charge is 2.37.